The maximum absolute atomic E-state index is 11.1. The zero-order valence-corrected chi connectivity index (χ0v) is 9.58. The molecular weight excluding hydrogens is 232 g/mol. The Morgan fingerprint density at radius 1 is 1.50 bits per heavy atom. The number of pyridine rings is 1. The molecule has 0 atom stereocenters. The molecule has 2 aromatic heterocycles. The Morgan fingerprint density at radius 3 is 2.78 bits per heavy atom. The molecule has 7 heteroatoms. The van der Waals surface area contributed by atoms with Gasteiger partial charge in [-0.1, -0.05) is 0 Å². The summed E-state index contributed by atoms with van der Waals surface area (Å²) in [4.78, 5) is 15.3. The van der Waals surface area contributed by atoms with Gasteiger partial charge in [0.2, 0.25) is 0 Å². The van der Waals surface area contributed by atoms with Crippen molar-refractivity contribution in [1.29, 1.82) is 5.26 Å². The average Bonchev–Trinajstić information content (AvgIpc) is 2.70. The van der Waals surface area contributed by atoms with E-state index in [-0.39, 0.29) is 11.4 Å². The minimum absolute atomic E-state index is 0.0168. The Kier molecular flexibility index (Phi) is 2.69. The van der Waals surface area contributed by atoms with Crippen LogP contribution in [0.1, 0.15) is 21.7 Å². The number of aryl methyl sites for hydroxylation is 1. The number of hydrogen-bond donors (Lipinski definition) is 2. The van der Waals surface area contributed by atoms with E-state index in [1.165, 1.54) is 10.9 Å². The first-order valence-electron chi connectivity index (χ1n) is 5.05. The number of hydrogen-bond acceptors (Lipinski definition) is 5. The second-order valence-corrected chi connectivity index (χ2v) is 3.71. The number of amides is 1. The Balaban J connectivity index is 2.56. The molecule has 2 rings (SSSR count). The molecule has 1 amide bonds. The van der Waals surface area contributed by atoms with Crippen LogP contribution in [0.5, 0.6) is 0 Å². The minimum Gasteiger partial charge on any atom is -0.396 e. The van der Waals surface area contributed by atoms with Crippen LogP contribution < -0.4 is 11.5 Å². The Hall–Kier alpha value is -2.88. The summed E-state index contributed by atoms with van der Waals surface area (Å²) >= 11 is 0. The van der Waals surface area contributed by atoms with Gasteiger partial charge in [0.05, 0.1) is 23.5 Å². The number of nitriles is 1. The van der Waals surface area contributed by atoms with E-state index in [4.69, 9.17) is 16.7 Å². The van der Waals surface area contributed by atoms with Gasteiger partial charge in [-0.3, -0.25) is 4.79 Å². The number of nitrogens with two attached hydrogens (primary N) is 2. The van der Waals surface area contributed by atoms with Crippen LogP contribution in [0, 0.1) is 18.3 Å². The second kappa shape index (κ2) is 4.18. The Morgan fingerprint density at radius 2 is 2.22 bits per heavy atom. The molecule has 0 saturated heterocycles. The predicted molar refractivity (Wildman–Crippen MR) is 63.7 cm³/mol. The zero-order valence-electron chi connectivity index (χ0n) is 9.58. The lowest BCUT2D eigenvalue weighted by Gasteiger charge is -2.02. The van der Waals surface area contributed by atoms with Gasteiger partial charge in [-0.05, 0) is 13.0 Å². The van der Waals surface area contributed by atoms with Crippen molar-refractivity contribution >= 4 is 11.6 Å². The highest BCUT2D eigenvalue weighted by atomic mass is 16.1. The van der Waals surface area contributed by atoms with Crippen molar-refractivity contribution in [3.8, 4) is 11.9 Å². The van der Waals surface area contributed by atoms with Gasteiger partial charge in [-0.2, -0.15) is 10.4 Å². The molecule has 0 aliphatic rings. The molecule has 0 unspecified atom stereocenters. The van der Waals surface area contributed by atoms with Crippen LogP contribution in [-0.2, 0) is 0 Å². The molecule has 0 aliphatic heterocycles. The van der Waals surface area contributed by atoms with Crippen molar-refractivity contribution in [3.05, 3.63) is 35.3 Å². The lowest BCUT2D eigenvalue weighted by molar-refractivity contribution is 0.0996. The lowest BCUT2D eigenvalue weighted by Crippen LogP contribution is -2.14. The van der Waals surface area contributed by atoms with Gasteiger partial charge in [0.15, 0.2) is 11.5 Å². The fourth-order valence-corrected chi connectivity index (χ4v) is 1.53. The maximum atomic E-state index is 11.1. The first kappa shape index (κ1) is 11.6. The van der Waals surface area contributed by atoms with Gasteiger partial charge in [-0.25, -0.2) is 9.67 Å². The summed E-state index contributed by atoms with van der Waals surface area (Å²) in [5.41, 5.74) is 12.0. The van der Waals surface area contributed by atoms with Crippen LogP contribution in [0.3, 0.4) is 0 Å². The van der Waals surface area contributed by atoms with E-state index in [1.807, 2.05) is 6.07 Å². The molecule has 2 aromatic rings. The molecule has 0 radical (unpaired) electrons. The van der Waals surface area contributed by atoms with Crippen molar-refractivity contribution < 1.29 is 4.79 Å². The van der Waals surface area contributed by atoms with E-state index < -0.39 is 5.91 Å². The third-order valence-electron chi connectivity index (χ3n) is 2.28. The molecule has 0 spiro atoms. The van der Waals surface area contributed by atoms with Gasteiger partial charge in [0.1, 0.15) is 0 Å². The highest BCUT2D eigenvalue weighted by Gasteiger charge is 2.13. The second-order valence-electron chi connectivity index (χ2n) is 3.71. The standard InChI is InChI=1S/C11H10N6O/c1-6-2-7(4-12)3-9(15-6)17-5-8(13)10(16-17)11(14)18/h2-3,5H,13H2,1H3,(H2,14,18). The minimum atomic E-state index is -0.709. The molecule has 0 fully saturated rings. The van der Waals surface area contributed by atoms with E-state index in [0.717, 1.165) is 0 Å². The van der Waals surface area contributed by atoms with Gasteiger partial charge in [0.25, 0.3) is 5.91 Å². The summed E-state index contributed by atoms with van der Waals surface area (Å²) in [6.07, 6.45) is 1.43. The summed E-state index contributed by atoms with van der Waals surface area (Å²) in [5.74, 6) is -0.301. The number of carbonyl (C=O) groups excluding carboxylic acids is 1. The third kappa shape index (κ3) is 1.99. The van der Waals surface area contributed by atoms with Crippen LogP contribution in [0.15, 0.2) is 18.3 Å². The summed E-state index contributed by atoms with van der Waals surface area (Å²) in [6.45, 7) is 1.76. The molecule has 7 nitrogen and oxygen atoms in total. The van der Waals surface area contributed by atoms with Crippen LogP contribution in [-0.4, -0.2) is 20.7 Å². The number of rotatable bonds is 2. The van der Waals surface area contributed by atoms with Crippen molar-refractivity contribution in [2.75, 3.05) is 5.73 Å². The summed E-state index contributed by atoms with van der Waals surface area (Å²) < 4.78 is 1.32. The van der Waals surface area contributed by atoms with E-state index >= 15 is 0 Å². The van der Waals surface area contributed by atoms with Gasteiger partial charge in [0, 0.05) is 11.8 Å². The number of carbonyl (C=O) groups is 1. The highest BCUT2D eigenvalue weighted by molar-refractivity contribution is 5.95. The smallest absolute Gasteiger partial charge is 0.271 e. The van der Waals surface area contributed by atoms with Gasteiger partial charge < -0.3 is 11.5 Å². The van der Waals surface area contributed by atoms with Crippen molar-refractivity contribution in [3.63, 3.8) is 0 Å². The highest BCUT2D eigenvalue weighted by Crippen LogP contribution is 2.14. The monoisotopic (exact) mass is 242 g/mol. The summed E-state index contributed by atoms with van der Waals surface area (Å²) in [7, 11) is 0. The van der Waals surface area contributed by atoms with Gasteiger partial charge >= 0.3 is 0 Å². The predicted octanol–water partition coefficient (Wildman–Crippen LogP) is 0.129. The fourth-order valence-electron chi connectivity index (χ4n) is 1.53. The number of nitrogens with zero attached hydrogens (tertiary/aromatic N) is 4. The molecule has 0 saturated carbocycles. The van der Waals surface area contributed by atoms with Crippen LogP contribution in [0.25, 0.3) is 5.82 Å². The van der Waals surface area contributed by atoms with Crippen LogP contribution in [0.4, 0.5) is 5.69 Å². The average molecular weight is 242 g/mol. The fraction of sp³-hybridized carbons (Fsp3) is 0.0909. The van der Waals surface area contributed by atoms with E-state index in [2.05, 4.69) is 10.1 Å². The molecule has 18 heavy (non-hydrogen) atoms. The van der Waals surface area contributed by atoms with E-state index in [0.29, 0.717) is 17.1 Å². The zero-order chi connectivity index (χ0) is 13.3. The lowest BCUT2D eigenvalue weighted by atomic mass is 10.2. The molecule has 0 aromatic carbocycles. The molecule has 90 valence electrons. The quantitative estimate of drug-likeness (QED) is 0.774. The Labute approximate surface area is 103 Å². The number of aromatic nitrogens is 3. The SMILES string of the molecule is Cc1cc(C#N)cc(-n2cc(N)c(C(N)=O)n2)n1. The van der Waals surface area contributed by atoms with Crippen LogP contribution >= 0.6 is 0 Å². The van der Waals surface area contributed by atoms with Crippen LogP contribution in [0.2, 0.25) is 0 Å². The van der Waals surface area contributed by atoms with E-state index in [9.17, 15) is 4.79 Å². The number of nitrogen functional groups attached to an aromatic ring is 1. The van der Waals surface area contributed by atoms with Crippen molar-refractivity contribution in [2.24, 2.45) is 5.73 Å². The van der Waals surface area contributed by atoms with E-state index in [1.54, 1.807) is 19.1 Å². The van der Waals surface area contributed by atoms with Crippen molar-refractivity contribution in [2.45, 2.75) is 6.92 Å². The third-order valence-corrected chi connectivity index (χ3v) is 2.28. The molecule has 0 bridgehead atoms. The first-order chi connectivity index (χ1) is 8.51. The normalized spacial score (nSPS) is 10.0. The summed E-state index contributed by atoms with van der Waals surface area (Å²) in [6, 6.07) is 5.21. The largest absolute Gasteiger partial charge is 0.396 e. The molecule has 0 aliphatic carbocycles. The summed E-state index contributed by atoms with van der Waals surface area (Å²) in [5, 5.41) is 12.8. The maximum Gasteiger partial charge on any atom is 0.271 e. The number of primary amides is 1. The Bertz CT molecular complexity index is 667. The molecule has 4 N–H and O–H groups in total. The van der Waals surface area contributed by atoms with Gasteiger partial charge in [-0.15, -0.1) is 0 Å². The number of anilines is 1. The first-order valence-corrected chi connectivity index (χ1v) is 5.05. The topological polar surface area (TPSA) is 124 Å². The molecule has 2 heterocycles. The molecular formula is C11H10N6O. The van der Waals surface area contributed by atoms with Crippen molar-refractivity contribution in [1.82, 2.24) is 14.8 Å².